The van der Waals surface area contributed by atoms with Crippen LogP contribution in [0.1, 0.15) is 64.2 Å². The van der Waals surface area contributed by atoms with Crippen molar-refractivity contribution in [3.63, 3.8) is 0 Å². The SMILES string of the molecule is CC(C)(C)NCc1ccoc1CN1CCCC2CCCC21. The molecular weight excluding hydrogens is 260 g/mol. The minimum absolute atomic E-state index is 0.149. The molecule has 2 fully saturated rings. The van der Waals surface area contributed by atoms with E-state index < -0.39 is 0 Å². The van der Waals surface area contributed by atoms with E-state index in [-0.39, 0.29) is 5.54 Å². The van der Waals surface area contributed by atoms with E-state index in [1.54, 1.807) is 0 Å². The lowest BCUT2D eigenvalue weighted by Gasteiger charge is -2.37. The summed E-state index contributed by atoms with van der Waals surface area (Å²) in [7, 11) is 0. The maximum absolute atomic E-state index is 5.80. The number of nitrogens with one attached hydrogen (secondary N) is 1. The van der Waals surface area contributed by atoms with Crippen LogP contribution in [0.2, 0.25) is 0 Å². The molecule has 0 aromatic carbocycles. The number of piperidine rings is 1. The average molecular weight is 290 g/mol. The zero-order chi connectivity index (χ0) is 14.9. The summed E-state index contributed by atoms with van der Waals surface area (Å²) in [4.78, 5) is 2.68. The minimum Gasteiger partial charge on any atom is -0.468 e. The molecule has 1 aliphatic heterocycles. The Morgan fingerprint density at radius 3 is 2.86 bits per heavy atom. The van der Waals surface area contributed by atoms with Crippen LogP contribution in [0.3, 0.4) is 0 Å². The molecule has 2 unspecified atom stereocenters. The van der Waals surface area contributed by atoms with Gasteiger partial charge in [0.25, 0.3) is 0 Å². The molecule has 3 nitrogen and oxygen atoms in total. The highest BCUT2D eigenvalue weighted by atomic mass is 16.3. The van der Waals surface area contributed by atoms with E-state index in [0.29, 0.717) is 0 Å². The molecule has 0 amide bonds. The second-order valence-corrected chi connectivity index (χ2v) is 7.84. The van der Waals surface area contributed by atoms with E-state index in [0.717, 1.165) is 25.0 Å². The largest absolute Gasteiger partial charge is 0.468 e. The predicted octanol–water partition coefficient (Wildman–Crippen LogP) is 3.93. The monoisotopic (exact) mass is 290 g/mol. The number of rotatable bonds is 4. The Labute approximate surface area is 129 Å². The fourth-order valence-electron chi connectivity index (χ4n) is 3.96. The first-order chi connectivity index (χ1) is 10.0. The fraction of sp³-hybridized carbons (Fsp3) is 0.778. The quantitative estimate of drug-likeness (QED) is 0.910. The Morgan fingerprint density at radius 2 is 2.05 bits per heavy atom. The van der Waals surface area contributed by atoms with Crippen LogP contribution in [0, 0.1) is 5.92 Å². The van der Waals surface area contributed by atoms with Crippen molar-refractivity contribution < 1.29 is 4.42 Å². The summed E-state index contributed by atoms with van der Waals surface area (Å²) in [6, 6.07) is 2.94. The summed E-state index contributed by atoms with van der Waals surface area (Å²) in [5.74, 6) is 2.11. The molecule has 1 aromatic heterocycles. The third kappa shape index (κ3) is 3.70. The van der Waals surface area contributed by atoms with Crippen molar-refractivity contribution in [2.45, 2.75) is 77.5 Å². The van der Waals surface area contributed by atoms with Crippen LogP contribution in [0.4, 0.5) is 0 Å². The highest BCUT2D eigenvalue weighted by Gasteiger charge is 2.35. The molecule has 0 spiro atoms. The zero-order valence-corrected chi connectivity index (χ0v) is 13.8. The number of furan rings is 1. The number of hydrogen-bond donors (Lipinski definition) is 1. The molecule has 118 valence electrons. The van der Waals surface area contributed by atoms with Gasteiger partial charge in [0.1, 0.15) is 5.76 Å². The van der Waals surface area contributed by atoms with Gasteiger partial charge in [0.05, 0.1) is 12.8 Å². The van der Waals surface area contributed by atoms with E-state index in [1.807, 2.05) is 6.26 Å². The first-order valence-electron chi connectivity index (χ1n) is 8.57. The predicted molar refractivity (Wildman–Crippen MR) is 86.1 cm³/mol. The van der Waals surface area contributed by atoms with Gasteiger partial charge >= 0.3 is 0 Å². The Bertz CT molecular complexity index is 460. The van der Waals surface area contributed by atoms with Crippen LogP contribution < -0.4 is 5.32 Å². The minimum atomic E-state index is 0.149. The average Bonchev–Trinajstić information content (AvgIpc) is 3.04. The molecule has 1 saturated heterocycles. The van der Waals surface area contributed by atoms with Crippen LogP contribution in [0.5, 0.6) is 0 Å². The van der Waals surface area contributed by atoms with E-state index in [4.69, 9.17) is 4.42 Å². The second kappa shape index (κ2) is 6.13. The molecule has 2 aliphatic rings. The maximum Gasteiger partial charge on any atom is 0.122 e. The van der Waals surface area contributed by atoms with Gasteiger partial charge in [-0.25, -0.2) is 0 Å². The number of hydrogen-bond acceptors (Lipinski definition) is 3. The van der Waals surface area contributed by atoms with Gasteiger partial charge in [-0.3, -0.25) is 4.90 Å². The number of likely N-dealkylation sites (tertiary alicyclic amines) is 1. The number of nitrogens with zero attached hydrogens (tertiary/aromatic N) is 1. The molecule has 1 aliphatic carbocycles. The molecule has 0 bridgehead atoms. The van der Waals surface area contributed by atoms with E-state index in [9.17, 15) is 0 Å². The molecule has 0 radical (unpaired) electrons. The Morgan fingerprint density at radius 1 is 1.24 bits per heavy atom. The standard InChI is InChI=1S/C18H30N2O/c1-18(2,3)19-12-15-9-11-21-17(15)13-20-10-5-7-14-6-4-8-16(14)20/h9,11,14,16,19H,4-8,10,12-13H2,1-3H3. The van der Waals surface area contributed by atoms with E-state index in [2.05, 4.69) is 37.1 Å². The van der Waals surface area contributed by atoms with Crippen LogP contribution in [-0.4, -0.2) is 23.0 Å². The third-order valence-electron chi connectivity index (χ3n) is 5.10. The Balaban J connectivity index is 1.63. The molecular formula is C18H30N2O. The van der Waals surface area contributed by atoms with Crippen molar-refractivity contribution >= 4 is 0 Å². The van der Waals surface area contributed by atoms with E-state index in [1.165, 1.54) is 50.0 Å². The zero-order valence-electron chi connectivity index (χ0n) is 13.8. The van der Waals surface area contributed by atoms with Crippen LogP contribution in [0.15, 0.2) is 16.7 Å². The summed E-state index contributed by atoms with van der Waals surface area (Å²) in [5, 5.41) is 3.57. The highest BCUT2D eigenvalue weighted by molar-refractivity contribution is 5.17. The van der Waals surface area contributed by atoms with Crippen LogP contribution >= 0.6 is 0 Å². The van der Waals surface area contributed by atoms with E-state index >= 15 is 0 Å². The Hall–Kier alpha value is -0.800. The van der Waals surface area contributed by atoms with Crippen molar-refractivity contribution in [2.75, 3.05) is 6.54 Å². The van der Waals surface area contributed by atoms with Crippen molar-refractivity contribution in [3.8, 4) is 0 Å². The smallest absolute Gasteiger partial charge is 0.122 e. The summed E-state index contributed by atoms with van der Waals surface area (Å²) in [6.07, 6.45) is 8.90. The molecule has 3 rings (SSSR count). The van der Waals surface area contributed by atoms with Gasteiger partial charge in [-0.05, 0) is 65.0 Å². The van der Waals surface area contributed by atoms with Crippen molar-refractivity contribution in [3.05, 3.63) is 23.7 Å². The van der Waals surface area contributed by atoms with Gasteiger partial charge in [0.15, 0.2) is 0 Å². The lowest BCUT2D eigenvalue weighted by Crippen LogP contribution is -2.42. The normalized spacial score (nSPS) is 27.0. The molecule has 1 saturated carbocycles. The summed E-state index contributed by atoms with van der Waals surface area (Å²) in [6.45, 7) is 9.77. The summed E-state index contributed by atoms with van der Waals surface area (Å²) in [5.41, 5.74) is 1.47. The van der Waals surface area contributed by atoms with Crippen LogP contribution in [-0.2, 0) is 13.1 Å². The molecule has 3 heteroatoms. The van der Waals surface area contributed by atoms with Gasteiger partial charge in [-0.2, -0.15) is 0 Å². The highest BCUT2D eigenvalue weighted by Crippen LogP contribution is 2.37. The topological polar surface area (TPSA) is 28.4 Å². The van der Waals surface area contributed by atoms with Crippen LogP contribution in [0.25, 0.3) is 0 Å². The lowest BCUT2D eigenvalue weighted by atomic mass is 9.92. The second-order valence-electron chi connectivity index (χ2n) is 7.84. The first-order valence-corrected chi connectivity index (χ1v) is 8.57. The third-order valence-corrected chi connectivity index (χ3v) is 5.10. The summed E-state index contributed by atoms with van der Waals surface area (Å²) >= 11 is 0. The molecule has 2 atom stereocenters. The van der Waals surface area contributed by atoms with Crippen molar-refractivity contribution in [2.24, 2.45) is 5.92 Å². The lowest BCUT2D eigenvalue weighted by molar-refractivity contribution is 0.0974. The molecule has 1 N–H and O–H groups in total. The van der Waals surface area contributed by atoms with Gasteiger partial charge in [-0.15, -0.1) is 0 Å². The number of fused-ring (bicyclic) bond motifs is 1. The van der Waals surface area contributed by atoms with Crippen molar-refractivity contribution in [1.82, 2.24) is 10.2 Å². The van der Waals surface area contributed by atoms with Gasteiger partial charge in [-0.1, -0.05) is 6.42 Å². The maximum atomic E-state index is 5.80. The molecule has 21 heavy (non-hydrogen) atoms. The Kier molecular flexibility index (Phi) is 4.41. The van der Waals surface area contributed by atoms with Gasteiger partial charge in [0, 0.05) is 23.7 Å². The van der Waals surface area contributed by atoms with Gasteiger partial charge in [0.2, 0.25) is 0 Å². The van der Waals surface area contributed by atoms with Crippen molar-refractivity contribution in [1.29, 1.82) is 0 Å². The van der Waals surface area contributed by atoms with Gasteiger partial charge < -0.3 is 9.73 Å². The first kappa shape index (κ1) is 15.1. The molecule has 1 aromatic rings. The molecule has 2 heterocycles. The summed E-state index contributed by atoms with van der Waals surface area (Å²) < 4.78 is 5.80. The fourth-order valence-corrected chi connectivity index (χ4v) is 3.96.